The first-order chi connectivity index (χ1) is 13.2. The van der Waals surface area contributed by atoms with E-state index in [0.717, 1.165) is 16.9 Å². The summed E-state index contributed by atoms with van der Waals surface area (Å²) in [7, 11) is 1.61. The summed E-state index contributed by atoms with van der Waals surface area (Å²) in [4.78, 5) is 17.0. The molecule has 0 atom stereocenters. The number of methoxy groups -OCH3 is 1. The molecule has 1 amide bonds. The monoisotopic (exact) mass is 364 g/mol. The van der Waals surface area contributed by atoms with Gasteiger partial charge < -0.3 is 4.74 Å². The Balaban J connectivity index is 1.44. The van der Waals surface area contributed by atoms with E-state index in [1.54, 1.807) is 24.1 Å². The SMILES string of the molecule is COc1ccc(CONC(=O)/C=C/c2cn(Cc3ccccc3)nn2)cc1. The van der Waals surface area contributed by atoms with Gasteiger partial charge in [0, 0.05) is 6.08 Å². The van der Waals surface area contributed by atoms with Crippen molar-refractivity contribution >= 4 is 12.0 Å². The lowest BCUT2D eigenvalue weighted by Gasteiger charge is -2.04. The molecule has 3 rings (SSSR count). The molecule has 0 radical (unpaired) electrons. The van der Waals surface area contributed by atoms with E-state index in [0.29, 0.717) is 12.2 Å². The fourth-order valence-electron chi connectivity index (χ4n) is 2.34. The molecule has 0 aliphatic heterocycles. The zero-order valence-electron chi connectivity index (χ0n) is 14.9. The fourth-order valence-corrected chi connectivity index (χ4v) is 2.34. The van der Waals surface area contributed by atoms with Crippen LogP contribution in [0.4, 0.5) is 0 Å². The number of rotatable bonds is 8. The molecular formula is C20H20N4O3. The highest BCUT2D eigenvalue weighted by atomic mass is 16.6. The molecule has 1 heterocycles. The molecule has 1 aromatic heterocycles. The van der Waals surface area contributed by atoms with Crippen LogP contribution in [0.5, 0.6) is 5.75 Å². The van der Waals surface area contributed by atoms with Crippen LogP contribution in [-0.4, -0.2) is 28.0 Å². The van der Waals surface area contributed by atoms with Crippen LogP contribution in [-0.2, 0) is 22.8 Å². The molecule has 7 heteroatoms. The quantitative estimate of drug-likeness (QED) is 0.491. The van der Waals surface area contributed by atoms with Crippen LogP contribution < -0.4 is 10.2 Å². The first kappa shape index (κ1) is 18.3. The Labute approximate surface area is 157 Å². The minimum atomic E-state index is -0.374. The van der Waals surface area contributed by atoms with Gasteiger partial charge in [-0.3, -0.25) is 9.63 Å². The highest BCUT2D eigenvalue weighted by Crippen LogP contribution is 2.11. The van der Waals surface area contributed by atoms with Crippen LogP contribution in [0.25, 0.3) is 6.08 Å². The van der Waals surface area contributed by atoms with Crippen molar-refractivity contribution in [1.82, 2.24) is 20.5 Å². The van der Waals surface area contributed by atoms with E-state index < -0.39 is 0 Å². The van der Waals surface area contributed by atoms with Gasteiger partial charge in [-0.1, -0.05) is 47.7 Å². The van der Waals surface area contributed by atoms with Gasteiger partial charge in [0.25, 0.3) is 5.91 Å². The van der Waals surface area contributed by atoms with Crippen molar-refractivity contribution < 1.29 is 14.4 Å². The summed E-state index contributed by atoms with van der Waals surface area (Å²) < 4.78 is 6.80. The first-order valence-electron chi connectivity index (χ1n) is 8.40. The summed E-state index contributed by atoms with van der Waals surface area (Å²) in [5.74, 6) is 0.396. The van der Waals surface area contributed by atoms with E-state index in [2.05, 4.69) is 15.8 Å². The van der Waals surface area contributed by atoms with Crippen LogP contribution in [0, 0.1) is 0 Å². The molecule has 0 spiro atoms. The van der Waals surface area contributed by atoms with Crippen LogP contribution >= 0.6 is 0 Å². The Morgan fingerprint density at radius 3 is 2.63 bits per heavy atom. The van der Waals surface area contributed by atoms with Crippen molar-refractivity contribution in [2.45, 2.75) is 13.2 Å². The van der Waals surface area contributed by atoms with Crippen LogP contribution in [0.3, 0.4) is 0 Å². The zero-order chi connectivity index (χ0) is 18.9. The van der Waals surface area contributed by atoms with E-state index in [4.69, 9.17) is 9.57 Å². The molecular weight excluding hydrogens is 344 g/mol. The van der Waals surface area contributed by atoms with E-state index in [1.807, 2.05) is 54.6 Å². The van der Waals surface area contributed by atoms with Gasteiger partial charge >= 0.3 is 0 Å². The molecule has 3 aromatic rings. The minimum Gasteiger partial charge on any atom is -0.497 e. The predicted octanol–water partition coefficient (Wildman–Crippen LogP) is 2.60. The Hall–Kier alpha value is -3.45. The number of nitrogens with zero attached hydrogens (tertiary/aromatic N) is 3. The lowest BCUT2D eigenvalue weighted by atomic mass is 10.2. The highest BCUT2D eigenvalue weighted by Gasteiger charge is 2.01. The van der Waals surface area contributed by atoms with E-state index in [9.17, 15) is 4.79 Å². The van der Waals surface area contributed by atoms with Crippen molar-refractivity contribution in [3.05, 3.63) is 83.7 Å². The number of hydroxylamine groups is 1. The van der Waals surface area contributed by atoms with Crippen LogP contribution in [0.1, 0.15) is 16.8 Å². The summed E-state index contributed by atoms with van der Waals surface area (Å²) in [6.07, 6.45) is 4.71. The number of benzene rings is 2. The maximum atomic E-state index is 11.8. The third-order valence-electron chi connectivity index (χ3n) is 3.72. The zero-order valence-corrected chi connectivity index (χ0v) is 14.9. The van der Waals surface area contributed by atoms with E-state index >= 15 is 0 Å². The standard InChI is InChI=1S/C20H20N4O3/c1-26-19-10-7-17(8-11-19)15-27-22-20(25)12-9-18-14-24(23-21-18)13-16-5-3-2-4-6-16/h2-12,14H,13,15H2,1H3,(H,22,25)/b12-9+. The van der Waals surface area contributed by atoms with Gasteiger partial charge in [-0.2, -0.15) is 0 Å². The number of nitrogens with one attached hydrogen (secondary N) is 1. The number of carbonyl (C=O) groups is 1. The number of carbonyl (C=O) groups excluding carboxylic acids is 1. The predicted molar refractivity (Wildman–Crippen MR) is 101 cm³/mol. The topological polar surface area (TPSA) is 78.3 Å². The minimum absolute atomic E-state index is 0.261. The summed E-state index contributed by atoms with van der Waals surface area (Å²) in [5.41, 5.74) is 5.01. The number of hydrogen-bond acceptors (Lipinski definition) is 5. The van der Waals surface area contributed by atoms with Crippen LogP contribution in [0.2, 0.25) is 0 Å². The number of amides is 1. The lowest BCUT2D eigenvalue weighted by Crippen LogP contribution is -2.21. The van der Waals surface area contributed by atoms with Crippen molar-refractivity contribution in [3.63, 3.8) is 0 Å². The molecule has 0 unspecified atom stereocenters. The molecule has 138 valence electrons. The van der Waals surface area contributed by atoms with Gasteiger partial charge in [-0.05, 0) is 29.3 Å². The largest absolute Gasteiger partial charge is 0.497 e. The number of ether oxygens (including phenoxy) is 1. The van der Waals surface area contributed by atoms with Crippen LogP contribution in [0.15, 0.2) is 66.9 Å². The van der Waals surface area contributed by atoms with Crippen molar-refractivity contribution in [3.8, 4) is 5.75 Å². The third-order valence-corrected chi connectivity index (χ3v) is 3.72. The summed E-state index contributed by atoms with van der Waals surface area (Å²) in [5, 5.41) is 8.07. The molecule has 27 heavy (non-hydrogen) atoms. The average Bonchev–Trinajstić information content (AvgIpc) is 3.15. The molecule has 1 N–H and O–H groups in total. The Morgan fingerprint density at radius 1 is 1.11 bits per heavy atom. The maximum Gasteiger partial charge on any atom is 0.267 e. The Morgan fingerprint density at radius 2 is 1.89 bits per heavy atom. The maximum absolute atomic E-state index is 11.8. The van der Waals surface area contributed by atoms with Crippen molar-refractivity contribution in [2.24, 2.45) is 0 Å². The second-order valence-corrected chi connectivity index (χ2v) is 5.76. The van der Waals surface area contributed by atoms with Crippen molar-refractivity contribution in [1.29, 1.82) is 0 Å². The number of aromatic nitrogens is 3. The molecule has 0 bridgehead atoms. The second kappa shape index (κ2) is 9.30. The lowest BCUT2D eigenvalue weighted by molar-refractivity contribution is -0.129. The van der Waals surface area contributed by atoms with Gasteiger partial charge in [0.05, 0.1) is 26.5 Å². The average molecular weight is 364 g/mol. The van der Waals surface area contributed by atoms with Gasteiger partial charge in [0.2, 0.25) is 0 Å². The Bertz CT molecular complexity index is 889. The van der Waals surface area contributed by atoms with E-state index in [1.165, 1.54) is 6.08 Å². The fraction of sp³-hybridized carbons (Fsp3) is 0.150. The van der Waals surface area contributed by atoms with E-state index in [-0.39, 0.29) is 12.5 Å². The molecule has 0 aliphatic carbocycles. The van der Waals surface area contributed by atoms with Gasteiger partial charge in [0.15, 0.2) is 0 Å². The molecule has 0 fully saturated rings. The molecule has 2 aromatic carbocycles. The number of hydrogen-bond donors (Lipinski definition) is 1. The second-order valence-electron chi connectivity index (χ2n) is 5.76. The molecule has 0 saturated carbocycles. The Kier molecular flexibility index (Phi) is 6.32. The first-order valence-corrected chi connectivity index (χ1v) is 8.40. The normalized spacial score (nSPS) is 10.9. The molecule has 0 saturated heterocycles. The van der Waals surface area contributed by atoms with Gasteiger partial charge in [-0.15, -0.1) is 5.10 Å². The van der Waals surface area contributed by atoms with Gasteiger partial charge in [-0.25, -0.2) is 10.2 Å². The smallest absolute Gasteiger partial charge is 0.267 e. The third kappa shape index (κ3) is 5.79. The summed E-state index contributed by atoms with van der Waals surface area (Å²) in [6.45, 7) is 0.885. The van der Waals surface area contributed by atoms with Gasteiger partial charge in [0.1, 0.15) is 11.4 Å². The molecule has 7 nitrogen and oxygen atoms in total. The molecule has 0 aliphatic rings. The summed E-state index contributed by atoms with van der Waals surface area (Å²) >= 11 is 0. The summed E-state index contributed by atoms with van der Waals surface area (Å²) in [6, 6.07) is 17.4. The highest BCUT2D eigenvalue weighted by molar-refractivity contribution is 5.90. The van der Waals surface area contributed by atoms with Crippen molar-refractivity contribution in [2.75, 3.05) is 7.11 Å².